The molecule has 0 aromatic heterocycles. The van der Waals surface area contributed by atoms with E-state index in [1.165, 1.54) is 0 Å². The highest BCUT2D eigenvalue weighted by molar-refractivity contribution is 9.10. The zero-order chi connectivity index (χ0) is 15.6. The summed E-state index contributed by atoms with van der Waals surface area (Å²) in [4.78, 5) is 12.1. The summed E-state index contributed by atoms with van der Waals surface area (Å²) >= 11 is 3.25. The molecule has 2 rings (SSSR count). The second kappa shape index (κ2) is 6.25. The van der Waals surface area contributed by atoms with E-state index in [0.29, 0.717) is 24.2 Å². The van der Waals surface area contributed by atoms with Crippen LogP contribution >= 0.6 is 15.9 Å². The third-order valence-corrected chi connectivity index (χ3v) is 4.27. The fraction of sp³-hybridized carbons (Fsp3) is 0.500. The monoisotopic (exact) mass is 364 g/mol. The molecule has 1 amide bonds. The largest absolute Gasteiger partial charge is 0.397 e. The van der Waals surface area contributed by atoms with Crippen LogP contribution < -0.4 is 11.1 Å². The number of halogens is 4. The van der Waals surface area contributed by atoms with E-state index >= 15 is 0 Å². The topological polar surface area (TPSA) is 55.1 Å². The number of carbonyl (C=O) groups excluding carboxylic acids is 1. The summed E-state index contributed by atoms with van der Waals surface area (Å²) in [7, 11) is 0. The Balaban J connectivity index is 2.03. The molecule has 2 atom stereocenters. The average Bonchev–Trinajstić information content (AvgIpc) is 2.41. The molecule has 0 saturated heterocycles. The molecule has 3 N–H and O–H groups in total. The van der Waals surface area contributed by atoms with Gasteiger partial charge in [-0.25, -0.2) is 0 Å². The second-order valence-corrected chi connectivity index (χ2v) is 6.24. The summed E-state index contributed by atoms with van der Waals surface area (Å²) in [5, 5.41) is 2.63. The van der Waals surface area contributed by atoms with Crippen LogP contribution in [0.15, 0.2) is 22.7 Å². The van der Waals surface area contributed by atoms with Gasteiger partial charge in [-0.15, -0.1) is 0 Å². The van der Waals surface area contributed by atoms with Gasteiger partial charge in [-0.3, -0.25) is 4.79 Å². The van der Waals surface area contributed by atoms with Crippen LogP contribution in [-0.2, 0) is 4.79 Å². The number of hydrogen-bond acceptors (Lipinski definition) is 2. The highest BCUT2D eigenvalue weighted by Crippen LogP contribution is 2.40. The van der Waals surface area contributed by atoms with Gasteiger partial charge in [0.25, 0.3) is 0 Å². The van der Waals surface area contributed by atoms with E-state index in [1.54, 1.807) is 18.2 Å². The van der Waals surface area contributed by atoms with Gasteiger partial charge in [-0.05, 0) is 37.5 Å². The number of rotatable bonds is 2. The zero-order valence-corrected chi connectivity index (χ0v) is 12.8. The van der Waals surface area contributed by atoms with Crippen molar-refractivity contribution in [2.24, 2.45) is 11.8 Å². The van der Waals surface area contributed by atoms with Crippen LogP contribution in [0.2, 0.25) is 0 Å². The number of amides is 1. The lowest BCUT2D eigenvalue weighted by Crippen LogP contribution is -2.34. The van der Waals surface area contributed by atoms with Crippen LogP contribution in [0.5, 0.6) is 0 Å². The maximum Gasteiger partial charge on any atom is 0.391 e. The van der Waals surface area contributed by atoms with Gasteiger partial charge >= 0.3 is 6.18 Å². The first-order valence-corrected chi connectivity index (χ1v) is 7.49. The van der Waals surface area contributed by atoms with Crippen molar-refractivity contribution in [1.29, 1.82) is 0 Å². The van der Waals surface area contributed by atoms with Crippen molar-refractivity contribution in [2.75, 3.05) is 11.1 Å². The number of benzene rings is 1. The summed E-state index contributed by atoms with van der Waals surface area (Å²) in [5.74, 6) is -2.39. The number of nitrogens with two attached hydrogens (primary N) is 1. The van der Waals surface area contributed by atoms with E-state index < -0.39 is 23.9 Å². The molecule has 1 fully saturated rings. The zero-order valence-electron chi connectivity index (χ0n) is 11.2. The lowest BCUT2D eigenvalue weighted by atomic mass is 9.80. The van der Waals surface area contributed by atoms with Crippen molar-refractivity contribution in [3.05, 3.63) is 22.7 Å². The predicted molar refractivity (Wildman–Crippen MR) is 78.7 cm³/mol. The molecule has 21 heavy (non-hydrogen) atoms. The number of alkyl halides is 3. The van der Waals surface area contributed by atoms with Crippen molar-refractivity contribution in [1.82, 2.24) is 0 Å². The van der Waals surface area contributed by atoms with Crippen LogP contribution in [0.4, 0.5) is 24.5 Å². The first-order valence-electron chi connectivity index (χ1n) is 6.70. The molecule has 0 radical (unpaired) electrons. The van der Waals surface area contributed by atoms with Crippen molar-refractivity contribution < 1.29 is 18.0 Å². The summed E-state index contributed by atoms with van der Waals surface area (Å²) in [6.45, 7) is 0. The Morgan fingerprint density at radius 2 is 2.05 bits per heavy atom. The molecule has 0 bridgehead atoms. The number of carbonyl (C=O) groups is 1. The molecular weight excluding hydrogens is 349 g/mol. The van der Waals surface area contributed by atoms with E-state index in [2.05, 4.69) is 21.2 Å². The Kier molecular flexibility index (Phi) is 4.81. The molecule has 1 saturated carbocycles. The highest BCUT2D eigenvalue weighted by atomic mass is 79.9. The Morgan fingerprint density at radius 1 is 1.33 bits per heavy atom. The molecule has 116 valence electrons. The standard InChI is InChI=1S/C14H16BrF3N2O/c15-10-4-5-12(11(19)7-10)20-13(21)8-2-1-3-9(6-8)14(16,17)18/h4-5,7-9H,1-3,6,19H2,(H,20,21). The van der Waals surface area contributed by atoms with Crippen molar-refractivity contribution >= 4 is 33.2 Å². The SMILES string of the molecule is Nc1cc(Br)ccc1NC(=O)C1CCCC(C(F)(F)F)C1. The molecule has 7 heteroatoms. The molecule has 0 spiro atoms. The van der Waals surface area contributed by atoms with Gasteiger partial charge in [-0.1, -0.05) is 22.4 Å². The summed E-state index contributed by atoms with van der Waals surface area (Å²) < 4.78 is 39.0. The molecule has 1 aliphatic rings. The van der Waals surface area contributed by atoms with Crippen LogP contribution in [0, 0.1) is 11.8 Å². The molecule has 0 heterocycles. The van der Waals surface area contributed by atoms with Gasteiger partial charge in [0.05, 0.1) is 17.3 Å². The number of nitrogen functional groups attached to an aromatic ring is 1. The van der Waals surface area contributed by atoms with Crippen molar-refractivity contribution in [3.63, 3.8) is 0 Å². The maximum atomic E-state index is 12.8. The fourth-order valence-electron chi connectivity index (χ4n) is 2.61. The highest BCUT2D eigenvalue weighted by Gasteiger charge is 2.43. The molecular formula is C14H16BrF3N2O. The minimum absolute atomic E-state index is 0.105. The third-order valence-electron chi connectivity index (χ3n) is 3.78. The van der Waals surface area contributed by atoms with E-state index in [-0.39, 0.29) is 12.8 Å². The smallest absolute Gasteiger partial charge is 0.391 e. The van der Waals surface area contributed by atoms with Gasteiger partial charge in [0.2, 0.25) is 5.91 Å². The number of anilines is 2. The van der Waals surface area contributed by atoms with E-state index in [4.69, 9.17) is 5.73 Å². The van der Waals surface area contributed by atoms with Gasteiger partial charge in [0.15, 0.2) is 0 Å². The minimum Gasteiger partial charge on any atom is -0.397 e. The summed E-state index contributed by atoms with van der Waals surface area (Å²) in [5.41, 5.74) is 6.57. The molecule has 1 aromatic rings. The van der Waals surface area contributed by atoms with Crippen molar-refractivity contribution in [2.45, 2.75) is 31.9 Å². The molecule has 1 aliphatic carbocycles. The predicted octanol–water partition coefficient (Wildman–Crippen LogP) is 4.34. The van der Waals surface area contributed by atoms with Gasteiger partial charge in [0, 0.05) is 10.4 Å². The summed E-state index contributed by atoms with van der Waals surface area (Å²) in [6.07, 6.45) is -3.37. The normalized spacial score (nSPS) is 22.9. The fourth-order valence-corrected chi connectivity index (χ4v) is 2.99. The van der Waals surface area contributed by atoms with Gasteiger partial charge in [-0.2, -0.15) is 13.2 Å². The van der Waals surface area contributed by atoms with E-state index in [9.17, 15) is 18.0 Å². The molecule has 1 aromatic carbocycles. The molecule has 3 nitrogen and oxygen atoms in total. The average molecular weight is 365 g/mol. The van der Waals surface area contributed by atoms with Crippen LogP contribution in [-0.4, -0.2) is 12.1 Å². The lowest BCUT2D eigenvalue weighted by Gasteiger charge is -2.29. The lowest BCUT2D eigenvalue weighted by molar-refractivity contribution is -0.185. The van der Waals surface area contributed by atoms with Crippen LogP contribution in [0.3, 0.4) is 0 Å². The van der Waals surface area contributed by atoms with Crippen molar-refractivity contribution in [3.8, 4) is 0 Å². The van der Waals surface area contributed by atoms with Gasteiger partial charge in [0.1, 0.15) is 0 Å². The Morgan fingerprint density at radius 3 is 2.67 bits per heavy atom. The Labute approximate surface area is 129 Å². The molecule has 2 unspecified atom stereocenters. The first-order chi connectivity index (χ1) is 9.77. The first kappa shape index (κ1) is 16.1. The third kappa shape index (κ3) is 4.12. The van der Waals surface area contributed by atoms with Gasteiger partial charge < -0.3 is 11.1 Å². The Hall–Kier alpha value is -1.24. The van der Waals surface area contributed by atoms with Crippen LogP contribution in [0.25, 0.3) is 0 Å². The Bertz CT molecular complexity index is 533. The van der Waals surface area contributed by atoms with E-state index in [0.717, 1.165) is 4.47 Å². The summed E-state index contributed by atoms with van der Waals surface area (Å²) in [6, 6.07) is 4.97. The van der Waals surface area contributed by atoms with E-state index in [1.807, 2.05) is 0 Å². The maximum absolute atomic E-state index is 12.8. The number of hydrogen-bond donors (Lipinski definition) is 2. The molecule has 0 aliphatic heterocycles. The van der Waals surface area contributed by atoms with Crippen LogP contribution in [0.1, 0.15) is 25.7 Å². The number of nitrogens with one attached hydrogen (secondary N) is 1. The minimum atomic E-state index is -4.23. The quantitative estimate of drug-likeness (QED) is 0.767. The second-order valence-electron chi connectivity index (χ2n) is 5.32.